The van der Waals surface area contributed by atoms with E-state index >= 15 is 0 Å². The fourth-order valence-corrected chi connectivity index (χ4v) is 3.01. The van der Waals surface area contributed by atoms with E-state index in [4.69, 9.17) is 9.47 Å². The lowest BCUT2D eigenvalue weighted by Gasteiger charge is -2.34. The lowest BCUT2D eigenvalue weighted by atomic mass is 10.0. The van der Waals surface area contributed by atoms with Crippen LogP contribution in [0.2, 0.25) is 0 Å². The molecule has 4 nitrogen and oxygen atoms in total. The second-order valence-corrected chi connectivity index (χ2v) is 6.16. The molecule has 0 N–H and O–H groups in total. The fourth-order valence-electron chi connectivity index (χ4n) is 3.01. The Morgan fingerprint density at radius 3 is 2.38 bits per heavy atom. The molecule has 1 unspecified atom stereocenters. The van der Waals surface area contributed by atoms with Gasteiger partial charge in [-0.3, -0.25) is 0 Å². The number of halogens is 4. The van der Waals surface area contributed by atoms with Crippen LogP contribution in [0.1, 0.15) is 22.8 Å². The molecular formula is C18H14F4O4. The van der Waals surface area contributed by atoms with E-state index < -0.39 is 29.8 Å². The molecule has 0 saturated carbocycles. The van der Waals surface area contributed by atoms with Crippen LogP contribution < -0.4 is 18.9 Å². The predicted octanol–water partition coefficient (Wildman–Crippen LogP) is 4.77. The molecule has 0 fully saturated rings. The van der Waals surface area contributed by atoms with Crippen LogP contribution >= 0.6 is 0 Å². The molecule has 0 bridgehead atoms. The van der Waals surface area contributed by atoms with Gasteiger partial charge in [0.25, 0.3) is 0 Å². The van der Waals surface area contributed by atoms with Gasteiger partial charge in [-0.15, -0.1) is 0 Å². The number of para-hydroxylation sites is 1. The van der Waals surface area contributed by atoms with Gasteiger partial charge in [-0.05, 0) is 31.5 Å². The summed E-state index contributed by atoms with van der Waals surface area (Å²) in [5.41, 5.74) is 1.57. The van der Waals surface area contributed by atoms with Gasteiger partial charge >= 0.3 is 12.2 Å². The maximum Gasteiger partial charge on any atom is 0.507 e. The molecule has 1 atom stereocenters. The zero-order chi connectivity index (χ0) is 18.7. The maximum absolute atomic E-state index is 13.5. The van der Waals surface area contributed by atoms with Gasteiger partial charge in [-0.1, -0.05) is 18.2 Å². The zero-order valence-corrected chi connectivity index (χ0v) is 13.8. The Hall–Kier alpha value is -2.64. The summed E-state index contributed by atoms with van der Waals surface area (Å²) in [6.07, 6.45) is -10.1. The molecule has 4 rings (SSSR count). The van der Waals surface area contributed by atoms with Gasteiger partial charge in [0.1, 0.15) is 6.61 Å². The van der Waals surface area contributed by atoms with Gasteiger partial charge in [-0.25, -0.2) is 0 Å². The first kappa shape index (κ1) is 16.8. The predicted molar refractivity (Wildman–Crippen MR) is 82.4 cm³/mol. The van der Waals surface area contributed by atoms with Crippen molar-refractivity contribution in [1.82, 2.24) is 0 Å². The molecule has 2 aromatic rings. The quantitative estimate of drug-likeness (QED) is 0.678. The summed E-state index contributed by atoms with van der Waals surface area (Å²) in [5.74, 6) is 0.255. The normalized spacial score (nSPS) is 22.0. The standard InChI is InChI=1S/C18H14F4O4/c1-9-4-3-5-12-15(9)24-14(8-23-12)11-6-7-13-16(10(11)2)26-18(21,22)17(19,20)25-13/h3-7,14H,8H2,1-2H3. The molecule has 0 radical (unpaired) electrons. The van der Waals surface area contributed by atoms with Crippen molar-refractivity contribution in [2.75, 3.05) is 6.61 Å². The van der Waals surface area contributed by atoms with Gasteiger partial charge in [0.15, 0.2) is 29.1 Å². The first-order valence-electron chi connectivity index (χ1n) is 7.86. The smallest absolute Gasteiger partial charge is 0.485 e. The molecule has 0 spiro atoms. The summed E-state index contributed by atoms with van der Waals surface area (Å²) in [4.78, 5) is 0. The number of aryl methyl sites for hydroxylation is 1. The molecule has 2 aliphatic rings. The van der Waals surface area contributed by atoms with Crippen molar-refractivity contribution in [3.05, 3.63) is 47.0 Å². The number of hydrogen-bond acceptors (Lipinski definition) is 4. The highest BCUT2D eigenvalue weighted by atomic mass is 19.3. The van der Waals surface area contributed by atoms with E-state index in [2.05, 4.69) is 9.47 Å². The highest BCUT2D eigenvalue weighted by molar-refractivity contribution is 5.53. The molecule has 26 heavy (non-hydrogen) atoms. The van der Waals surface area contributed by atoms with Crippen LogP contribution in [-0.2, 0) is 0 Å². The number of ether oxygens (including phenoxy) is 4. The Kier molecular flexibility index (Phi) is 3.51. The second kappa shape index (κ2) is 5.43. The van der Waals surface area contributed by atoms with Crippen molar-refractivity contribution in [1.29, 1.82) is 0 Å². The third-order valence-corrected chi connectivity index (χ3v) is 4.39. The fraction of sp³-hybridized carbons (Fsp3) is 0.333. The van der Waals surface area contributed by atoms with Gasteiger partial charge in [0.2, 0.25) is 0 Å². The van der Waals surface area contributed by atoms with E-state index in [1.807, 2.05) is 19.1 Å². The van der Waals surface area contributed by atoms with Gasteiger partial charge < -0.3 is 18.9 Å². The lowest BCUT2D eigenvalue weighted by molar-refractivity contribution is -0.391. The van der Waals surface area contributed by atoms with Crippen molar-refractivity contribution < 1.29 is 36.5 Å². The van der Waals surface area contributed by atoms with Crippen LogP contribution in [0.15, 0.2) is 30.3 Å². The first-order chi connectivity index (χ1) is 12.2. The summed E-state index contributed by atoms with van der Waals surface area (Å²) >= 11 is 0. The van der Waals surface area contributed by atoms with Gasteiger partial charge in [-0.2, -0.15) is 17.6 Å². The largest absolute Gasteiger partial charge is 0.507 e. The minimum atomic E-state index is -4.77. The maximum atomic E-state index is 13.5. The average molecular weight is 370 g/mol. The van der Waals surface area contributed by atoms with Crippen LogP contribution in [0.3, 0.4) is 0 Å². The van der Waals surface area contributed by atoms with Crippen molar-refractivity contribution in [3.8, 4) is 23.0 Å². The minimum absolute atomic E-state index is 0.142. The number of hydrogen-bond donors (Lipinski definition) is 0. The van der Waals surface area contributed by atoms with Crippen molar-refractivity contribution in [2.45, 2.75) is 32.2 Å². The molecule has 138 valence electrons. The summed E-state index contributed by atoms with van der Waals surface area (Å²) < 4.78 is 73.7. The summed E-state index contributed by atoms with van der Waals surface area (Å²) in [6.45, 7) is 3.47. The molecular weight excluding hydrogens is 356 g/mol. The Labute approximate surface area is 146 Å². The highest BCUT2D eigenvalue weighted by Gasteiger charge is 2.66. The third-order valence-electron chi connectivity index (χ3n) is 4.39. The molecule has 2 aromatic carbocycles. The monoisotopic (exact) mass is 370 g/mol. The first-order valence-corrected chi connectivity index (χ1v) is 7.86. The SMILES string of the molecule is Cc1cccc2c1OC(c1ccc3c(c1C)OC(F)(F)C(F)(F)O3)CO2. The summed E-state index contributed by atoms with van der Waals surface area (Å²) in [5, 5.41) is 0. The Balaban J connectivity index is 1.71. The number of fused-ring (bicyclic) bond motifs is 2. The Morgan fingerprint density at radius 2 is 1.62 bits per heavy atom. The van der Waals surface area contributed by atoms with E-state index in [9.17, 15) is 17.6 Å². The van der Waals surface area contributed by atoms with Crippen LogP contribution in [0.5, 0.6) is 23.0 Å². The number of rotatable bonds is 1. The van der Waals surface area contributed by atoms with Crippen LogP contribution in [0.4, 0.5) is 17.6 Å². The van der Waals surface area contributed by atoms with Crippen molar-refractivity contribution in [2.24, 2.45) is 0 Å². The molecule has 2 heterocycles. The van der Waals surface area contributed by atoms with E-state index in [0.717, 1.165) is 11.6 Å². The van der Waals surface area contributed by atoms with Crippen LogP contribution in [0, 0.1) is 13.8 Å². The molecule has 2 aliphatic heterocycles. The molecule has 0 amide bonds. The number of alkyl halides is 4. The molecule has 0 saturated heterocycles. The van der Waals surface area contributed by atoms with E-state index in [1.165, 1.54) is 13.0 Å². The van der Waals surface area contributed by atoms with Crippen LogP contribution in [0.25, 0.3) is 0 Å². The Bertz CT molecular complexity index is 882. The van der Waals surface area contributed by atoms with Gasteiger partial charge in [0, 0.05) is 11.1 Å². The minimum Gasteiger partial charge on any atom is -0.485 e. The number of benzene rings is 2. The third kappa shape index (κ3) is 2.43. The molecule has 8 heteroatoms. The topological polar surface area (TPSA) is 36.9 Å². The van der Waals surface area contributed by atoms with E-state index in [0.29, 0.717) is 17.1 Å². The molecule has 0 aromatic heterocycles. The average Bonchev–Trinajstić information content (AvgIpc) is 2.57. The van der Waals surface area contributed by atoms with Gasteiger partial charge in [0.05, 0.1) is 0 Å². The van der Waals surface area contributed by atoms with E-state index in [-0.39, 0.29) is 12.2 Å². The lowest BCUT2D eigenvalue weighted by Crippen LogP contribution is -2.52. The van der Waals surface area contributed by atoms with Crippen LogP contribution in [-0.4, -0.2) is 18.8 Å². The van der Waals surface area contributed by atoms with E-state index in [1.54, 1.807) is 6.07 Å². The Morgan fingerprint density at radius 1 is 0.885 bits per heavy atom. The zero-order valence-electron chi connectivity index (χ0n) is 13.8. The van der Waals surface area contributed by atoms with Crippen molar-refractivity contribution >= 4 is 0 Å². The summed E-state index contributed by atoms with van der Waals surface area (Å²) in [6, 6.07) is 8.09. The highest BCUT2D eigenvalue weighted by Crippen LogP contribution is 2.50. The van der Waals surface area contributed by atoms with Crippen molar-refractivity contribution in [3.63, 3.8) is 0 Å². The molecule has 0 aliphatic carbocycles. The second-order valence-electron chi connectivity index (χ2n) is 6.16. The summed E-state index contributed by atoms with van der Waals surface area (Å²) in [7, 11) is 0.